The van der Waals surface area contributed by atoms with Gasteiger partial charge in [0, 0.05) is 25.2 Å². The predicted molar refractivity (Wildman–Crippen MR) is 77.2 cm³/mol. The summed E-state index contributed by atoms with van der Waals surface area (Å²) in [4.78, 5) is 2.45. The molecule has 19 heavy (non-hydrogen) atoms. The van der Waals surface area contributed by atoms with E-state index in [4.69, 9.17) is 4.74 Å². The van der Waals surface area contributed by atoms with Gasteiger partial charge in [-0.25, -0.2) is 0 Å². The van der Waals surface area contributed by atoms with Crippen molar-refractivity contribution in [1.82, 2.24) is 4.90 Å². The van der Waals surface area contributed by atoms with Crippen LogP contribution in [0.15, 0.2) is 48.5 Å². The van der Waals surface area contributed by atoms with Crippen molar-refractivity contribution in [2.45, 2.75) is 20.0 Å². The van der Waals surface area contributed by atoms with Crippen LogP contribution in [0.25, 0.3) is 0 Å². The molecule has 1 aliphatic heterocycles. The van der Waals surface area contributed by atoms with Crippen LogP contribution < -0.4 is 4.74 Å². The first-order valence-corrected chi connectivity index (χ1v) is 6.80. The van der Waals surface area contributed by atoms with Gasteiger partial charge in [-0.3, -0.25) is 4.90 Å². The van der Waals surface area contributed by atoms with Crippen LogP contribution in [-0.4, -0.2) is 18.1 Å². The molecule has 1 aliphatic rings. The highest BCUT2D eigenvalue weighted by Gasteiger charge is 2.15. The molecule has 0 fully saturated rings. The maximum atomic E-state index is 5.80. The van der Waals surface area contributed by atoms with Crippen LogP contribution in [-0.2, 0) is 13.1 Å². The monoisotopic (exact) mass is 253 g/mol. The summed E-state index contributed by atoms with van der Waals surface area (Å²) in [5.41, 5.74) is 4.05. The van der Waals surface area contributed by atoms with Crippen molar-refractivity contribution in [2.24, 2.45) is 0 Å². The van der Waals surface area contributed by atoms with Crippen molar-refractivity contribution in [3.8, 4) is 5.75 Å². The molecule has 0 unspecified atom stereocenters. The Hall–Kier alpha value is -1.80. The summed E-state index contributed by atoms with van der Waals surface area (Å²) < 4.78 is 5.80. The first-order valence-electron chi connectivity index (χ1n) is 6.80. The molecule has 0 amide bonds. The number of benzene rings is 2. The number of fused-ring (bicyclic) bond motifs is 1. The largest absolute Gasteiger partial charge is 0.492 e. The number of ether oxygens (including phenoxy) is 1. The number of hydrogen-bond donors (Lipinski definition) is 0. The molecular formula is C17H19NO. The van der Waals surface area contributed by atoms with Crippen LogP contribution >= 0.6 is 0 Å². The quantitative estimate of drug-likeness (QED) is 0.813. The van der Waals surface area contributed by atoms with Gasteiger partial charge < -0.3 is 4.74 Å². The van der Waals surface area contributed by atoms with Gasteiger partial charge in [0.1, 0.15) is 12.4 Å². The molecule has 2 aromatic carbocycles. The highest BCUT2D eigenvalue weighted by atomic mass is 16.5. The molecule has 0 saturated heterocycles. The molecule has 0 radical (unpaired) electrons. The first kappa shape index (κ1) is 12.2. The lowest BCUT2D eigenvalue weighted by atomic mass is 10.1. The van der Waals surface area contributed by atoms with E-state index in [0.717, 1.165) is 32.0 Å². The molecule has 2 aromatic rings. The van der Waals surface area contributed by atoms with Crippen molar-refractivity contribution >= 4 is 0 Å². The Morgan fingerprint density at radius 2 is 1.84 bits per heavy atom. The zero-order valence-corrected chi connectivity index (χ0v) is 11.3. The third-order valence-electron chi connectivity index (χ3n) is 3.69. The summed E-state index contributed by atoms with van der Waals surface area (Å²) in [6.07, 6.45) is 0. The SMILES string of the molecule is Cc1ccccc1CN1CCOc2ccccc2C1. The molecule has 0 bridgehead atoms. The van der Waals surface area contributed by atoms with E-state index >= 15 is 0 Å². The Morgan fingerprint density at radius 1 is 1.05 bits per heavy atom. The fourth-order valence-corrected chi connectivity index (χ4v) is 2.54. The van der Waals surface area contributed by atoms with Crippen LogP contribution in [0.2, 0.25) is 0 Å². The lowest BCUT2D eigenvalue weighted by Gasteiger charge is -2.20. The van der Waals surface area contributed by atoms with Crippen molar-refractivity contribution in [3.05, 3.63) is 65.2 Å². The summed E-state index contributed by atoms with van der Waals surface area (Å²) >= 11 is 0. The Kier molecular flexibility index (Phi) is 3.51. The van der Waals surface area contributed by atoms with Gasteiger partial charge in [0.05, 0.1) is 0 Å². The number of hydrogen-bond acceptors (Lipinski definition) is 2. The maximum absolute atomic E-state index is 5.80. The summed E-state index contributed by atoms with van der Waals surface area (Å²) in [6, 6.07) is 16.9. The van der Waals surface area contributed by atoms with E-state index < -0.39 is 0 Å². The minimum atomic E-state index is 0.767. The van der Waals surface area contributed by atoms with Gasteiger partial charge in [0.25, 0.3) is 0 Å². The fourth-order valence-electron chi connectivity index (χ4n) is 2.54. The average Bonchev–Trinajstić information content (AvgIpc) is 2.63. The van der Waals surface area contributed by atoms with Gasteiger partial charge in [0.2, 0.25) is 0 Å². The van der Waals surface area contributed by atoms with E-state index in [0.29, 0.717) is 0 Å². The van der Waals surface area contributed by atoms with Gasteiger partial charge in [0.15, 0.2) is 0 Å². The molecular weight excluding hydrogens is 234 g/mol. The van der Waals surface area contributed by atoms with E-state index in [1.165, 1.54) is 16.7 Å². The highest BCUT2D eigenvalue weighted by Crippen LogP contribution is 2.23. The van der Waals surface area contributed by atoms with Crippen LogP contribution in [0.1, 0.15) is 16.7 Å². The number of para-hydroxylation sites is 1. The predicted octanol–water partition coefficient (Wildman–Crippen LogP) is 3.39. The second-order valence-electron chi connectivity index (χ2n) is 5.09. The minimum absolute atomic E-state index is 0.767. The lowest BCUT2D eigenvalue weighted by molar-refractivity contribution is 0.219. The van der Waals surface area contributed by atoms with Crippen molar-refractivity contribution < 1.29 is 4.74 Å². The number of nitrogens with zero attached hydrogens (tertiary/aromatic N) is 1. The Labute approximate surface area is 114 Å². The van der Waals surface area contributed by atoms with Crippen LogP contribution in [0.4, 0.5) is 0 Å². The highest BCUT2D eigenvalue weighted by molar-refractivity contribution is 5.34. The molecule has 98 valence electrons. The second kappa shape index (κ2) is 5.45. The zero-order chi connectivity index (χ0) is 13.1. The molecule has 0 N–H and O–H groups in total. The van der Waals surface area contributed by atoms with Gasteiger partial charge in [-0.15, -0.1) is 0 Å². The summed E-state index contributed by atoms with van der Waals surface area (Å²) in [5, 5.41) is 0. The van der Waals surface area contributed by atoms with Gasteiger partial charge in [-0.05, 0) is 24.1 Å². The summed E-state index contributed by atoms with van der Waals surface area (Å²) in [5.74, 6) is 1.04. The van der Waals surface area contributed by atoms with E-state index in [9.17, 15) is 0 Å². The molecule has 0 atom stereocenters. The van der Waals surface area contributed by atoms with E-state index in [2.05, 4.69) is 54.3 Å². The normalized spacial score (nSPS) is 15.4. The molecule has 0 spiro atoms. The maximum Gasteiger partial charge on any atom is 0.123 e. The summed E-state index contributed by atoms with van der Waals surface area (Å²) in [6.45, 7) is 5.87. The van der Waals surface area contributed by atoms with Crippen molar-refractivity contribution in [3.63, 3.8) is 0 Å². The Morgan fingerprint density at radius 3 is 2.74 bits per heavy atom. The molecule has 3 rings (SSSR count). The lowest BCUT2D eigenvalue weighted by Crippen LogP contribution is -2.25. The molecule has 2 nitrogen and oxygen atoms in total. The van der Waals surface area contributed by atoms with Crippen molar-refractivity contribution in [2.75, 3.05) is 13.2 Å². The van der Waals surface area contributed by atoms with Gasteiger partial charge in [-0.1, -0.05) is 42.5 Å². The second-order valence-corrected chi connectivity index (χ2v) is 5.09. The Bertz CT molecular complexity index is 565. The van der Waals surface area contributed by atoms with E-state index in [1.807, 2.05) is 6.07 Å². The fraction of sp³-hybridized carbons (Fsp3) is 0.294. The molecule has 0 aliphatic carbocycles. The Balaban J connectivity index is 1.78. The molecule has 1 heterocycles. The number of rotatable bonds is 2. The average molecular weight is 253 g/mol. The molecule has 2 heteroatoms. The van der Waals surface area contributed by atoms with Crippen molar-refractivity contribution in [1.29, 1.82) is 0 Å². The molecule has 0 saturated carbocycles. The minimum Gasteiger partial charge on any atom is -0.492 e. The first-order chi connectivity index (χ1) is 9.33. The smallest absolute Gasteiger partial charge is 0.123 e. The zero-order valence-electron chi connectivity index (χ0n) is 11.3. The molecule has 0 aromatic heterocycles. The van der Waals surface area contributed by atoms with Crippen LogP contribution in [0.3, 0.4) is 0 Å². The topological polar surface area (TPSA) is 12.5 Å². The van der Waals surface area contributed by atoms with Crippen LogP contribution in [0, 0.1) is 6.92 Å². The summed E-state index contributed by atoms with van der Waals surface area (Å²) in [7, 11) is 0. The van der Waals surface area contributed by atoms with Gasteiger partial charge in [-0.2, -0.15) is 0 Å². The van der Waals surface area contributed by atoms with Crippen LogP contribution in [0.5, 0.6) is 5.75 Å². The van der Waals surface area contributed by atoms with E-state index in [-0.39, 0.29) is 0 Å². The van der Waals surface area contributed by atoms with Gasteiger partial charge >= 0.3 is 0 Å². The third kappa shape index (κ3) is 2.79. The number of aryl methyl sites for hydroxylation is 1. The van der Waals surface area contributed by atoms with E-state index in [1.54, 1.807) is 0 Å². The third-order valence-corrected chi connectivity index (χ3v) is 3.69. The standard InChI is InChI=1S/C17H19NO/c1-14-6-2-3-7-15(14)12-18-10-11-19-17-9-5-4-8-16(17)13-18/h2-9H,10-13H2,1H3.